The van der Waals surface area contributed by atoms with Crippen LogP contribution < -0.4 is 4.90 Å². The van der Waals surface area contributed by atoms with E-state index in [1.807, 2.05) is 0 Å². The number of anilines is 1. The van der Waals surface area contributed by atoms with E-state index in [2.05, 4.69) is 6.58 Å². The van der Waals surface area contributed by atoms with Crippen molar-refractivity contribution in [1.29, 1.82) is 0 Å². The van der Waals surface area contributed by atoms with Crippen molar-refractivity contribution in [2.24, 2.45) is 17.8 Å². The second-order valence-electron chi connectivity index (χ2n) is 13.2. The predicted octanol–water partition coefficient (Wildman–Crippen LogP) is 6.18. The lowest BCUT2D eigenvalue weighted by Gasteiger charge is -2.50. The number of allylic oxidation sites excluding steroid dienone is 3. The number of nitrogens with zero attached hydrogens (tertiary/aromatic N) is 2. The van der Waals surface area contributed by atoms with E-state index in [0.717, 1.165) is 4.90 Å². The molecule has 2 aromatic carbocycles. The third-order valence-electron chi connectivity index (χ3n) is 9.72. The fourth-order valence-electron chi connectivity index (χ4n) is 7.74. The van der Waals surface area contributed by atoms with Crippen molar-refractivity contribution in [2.75, 3.05) is 4.90 Å². The molecular weight excluding hydrogens is 670 g/mol. The number of aromatic hydroxyl groups is 1. The molecule has 0 bridgehead atoms. The fraction of sp³-hybridized carbons (Fsp3) is 0.394. The van der Waals surface area contributed by atoms with Gasteiger partial charge < -0.3 is 5.11 Å². The monoisotopic (exact) mass is 696 g/mol. The van der Waals surface area contributed by atoms with Crippen LogP contribution in [0.1, 0.15) is 50.7 Å². The highest BCUT2D eigenvalue weighted by atomic mass is 35.5. The topological polar surface area (TPSA) is 95.0 Å². The van der Waals surface area contributed by atoms with E-state index in [-0.39, 0.29) is 34.6 Å². The maximum Gasteiger partial charge on any atom is 0.258 e. The highest BCUT2D eigenvalue weighted by Crippen LogP contribution is 2.67. The average molecular weight is 697 g/mol. The lowest BCUT2D eigenvalue weighted by Crippen LogP contribution is -2.60. The molecule has 0 aromatic heterocycles. The number of hydrogen-bond acceptors (Lipinski definition) is 5. The molecule has 248 valence electrons. The Morgan fingerprint density at radius 1 is 0.936 bits per heavy atom. The molecule has 0 radical (unpaired) electrons. The minimum absolute atomic E-state index is 0.00299. The molecule has 3 fully saturated rings. The number of likely N-dealkylation sites (tertiary alicyclic amines) is 1. The van der Waals surface area contributed by atoms with E-state index >= 15 is 8.78 Å². The van der Waals surface area contributed by atoms with Gasteiger partial charge >= 0.3 is 0 Å². The minimum atomic E-state index is -2.72. The number of rotatable bonds is 4. The van der Waals surface area contributed by atoms with Gasteiger partial charge in [0.05, 0.1) is 11.8 Å². The number of phenolic OH excluding ortho intramolecular Hbond substituents is 1. The molecule has 4 aliphatic rings. The quantitative estimate of drug-likeness (QED) is 0.103. The van der Waals surface area contributed by atoms with Gasteiger partial charge in [-0.15, -0.1) is 29.8 Å². The number of phenols is 1. The summed E-state index contributed by atoms with van der Waals surface area (Å²) in [4.78, 5) is 51.6. The van der Waals surface area contributed by atoms with E-state index in [0.29, 0.717) is 5.56 Å². The van der Waals surface area contributed by atoms with Gasteiger partial charge in [0.1, 0.15) is 11.4 Å². The van der Waals surface area contributed by atoms with Gasteiger partial charge in [-0.2, -0.15) is 0 Å². The Kier molecular flexibility index (Phi) is 7.49. The van der Waals surface area contributed by atoms with Crippen molar-refractivity contribution in [1.82, 2.24) is 4.90 Å². The third-order valence-corrected chi connectivity index (χ3v) is 11.1. The van der Waals surface area contributed by atoms with Crippen LogP contribution in [0.25, 0.3) is 0 Å². The molecule has 1 saturated carbocycles. The lowest BCUT2D eigenvalue weighted by molar-refractivity contribution is -0.145. The Morgan fingerprint density at radius 3 is 2.11 bits per heavy atom. The second-order valence-corrected chi connectivity index (χ2v) is 14.5. The molecule has 0 unspecified atom stereocenters. The molecule has 6 rings (SSSR count). The number of para-hydroxylation sites is 1. The molecule has 7 nitrogen and oxygen atoms in total. The minimum Gasteiger partial charge on any atom is -0.507 e. The van der Waals surface area contributed by atoms with Crippen LogP contribution in [0.5, 0.6) is 5.75 Å². The maximum atomic E-state index is 15.2. The summed E-state index contributed by atoms with van der Waals surface area (Å²) >= 11 is 14.2. The van der Waals surface area contributed by atoms with Crippen molar-refractivity contribution >= 4 is 52.5 Å². The first-order valence-electron chi connectivity index (χ1n) is 14.6. The van der Waals surface area contributed by atoms with Crippen LogP contribution in [0.3, 0.4) is 0 Å². The van der Waals surface area contributed by atoms with Gasteiger partial charge in [-0.1, -0.05) is 35.9 Å². The number of alkyl halides is 2. The molecule has 2 heterocycles. The molecule has 4 amide bonds. The van der Waals surface area contributed by atoms with Gasteiger partial charge in [-0.25, -0.2) is 26.9 Å². The van der Waals surface area contributed by atoms with Gasteiger partial charge in [0.2, 0.25) is 17.6 Å². The van der Waals surface area contributed by atoms with Crippen molar-refractivity contribution in [3.05, 3.63) is 82.7 Å². The number of halogens is 7. The highest BCUT2D eigenvalue weighted by Gasteiger charge is 2.77. The van der Waals surface area contributed by atoms with Crippen LogP contribution in [0.2, 0.25) is 0 Å². The molecular formula is C33H27Cl2F5N2O5. The molecule has 1 N–H and O–H groups in total. The molecule has 2 aliphatic heterocycles. The van der Waals surface area contributed by atoms with Crippen molar-refractivity contribution < 1.29 is 46.2 Å². The van der Waals surface area contributed by atoms with Crippen LogP contribution in [-0.4, -0.2) is 48.9 Å². The number of amides is 4. The number of fused-ring (bicyclic) bond motifs is 4. The number of hydrogen-bond donors (Lipinski definition) is 1. The standard InChI is InChI=1S/C33H27Cl2F5N2O5/c1-5-7-13-8-6-9-16(26(13)43)19-14-10-11-15-18(28(45)42(27(15)44)31(2,3)4)17(14)12-32(34)29(46)41(30(47)33(19,32)35)25-23(39)21(37)20(36)22(38)24(25)40/h5-6,8-10,15,17-19,43H,1,7,11-12H2,2-4H3/t15-,17+,18-,19+,32+,33-/m0/s1. The molecule has 14 heteroatoms. The van der Waals surface area contributed by atoms with E-state index in [9.17, 15) is 37.5 Å². The van der Waals surface area contributed by atoms with Gasteiger partial charge in [0.25, 0.3) is 11.8 Å². The van der Waals surface area contributed by atoms with E-state index < -0.39 is 104 Å². The zero-order valence-electron chi connectivity index (χ0n) is 25.1. The van der Waals surface area contributed by atoms with Gasteiger partial charge in [0.15, 0.2) is 33.0 Å². The summed E-state index contributed by atoms with van der Waals surface area (Å²) in [6, 6.07) is 4.43. The molecule has 2 aliphatic carbocycles. The molecule has 0 spiro atoms. The van der Waals surface area contributed by atoms with E-state index in [1.165, 1.54) is 18.2 Å². The van der Waals surface area contributed by atoms with Crippen LogP contribution in [-0.2, 0) is 25.6 Å². The number of benzene rings is 2. The fourth-order valence-corrected chi connectivity index (χ4v) is 8.66. The summed E-state index contributed by atoms with van der Waals surface area (Å²) in [5.74, 6) is -21.6. The number of carbonyl (C=O) groups is 4. The SMILES string of the molecule is C=CCc1cccc([C@H]2C3=CC[C@@H]4C(=O)N(C(C)(C)C)C(=O)[C@@H]4[C@@H]3C[C@@]3(Cl)C(=O)N(c4c(F)c(F)c(F)c(F)c4F)C(=O)[C@@]23Cl)c1O. The number of imide groups is 2. The zero-order valence-corrected chi connectivity index (χ0v) is 26.7. The Morgan fingerprint density at radius 2 is 1.53 bits per heavy atom. The van der Waals surface area contributed by atoms with E-state index in [4.69, 9.17) is 23.2 Å². The molecule has 2 aromatic rings. The van der Waals surface area contributed by atoms with Crippen LogP contribution >= 0.6 is 23.2 Å². The first-order valence-corrected chi connectivity index (χ1v) is 15.4. The summed E-state index contributed by atoms with van der Waals surface area (Å²) in [6.45, 7) is 8.64. The summed E-state index contributed by atoms with van der Waals surface area (Å²) in [5.41, 5.74) is -2.29. The van der Waals surface area contributed by atoms with Crippen LogP contribution in [0.15, 0.2) is 42.5 Å². The van der Waals surface area contributed by atoms with Crippen LogP contribution in [0, 0.1) is 46.8 Å². The molecule has 2 saturated heterocycles. The average Bonchev–Trinajstić information content (AvgIpc) is 3.35. The number of carbonyl (C=O) groups excluding carboxylic acids is 4. The summed E-state index contributed by atoms with van der Waals surface area (Å²) in [6.07, 6.45) is 2.57. The first kappa shape index (κ1) is 33.1. The third kappa shape index (κ3) is 4.16. The lowest BCUT2D eigenvalue weighted by atomic mass is 9.56. The van der Waals surface area contributed by atoms with Crippen molar-refractivity contribution in [2.45, 2.75) is 61.2 Å². The Hall–Kier alpha value is -3.77. The Labute approximate surface area is 275 Å². The predicted molar refractivity (Wildman–Crippen MR) is 160 cm³/mol. The Bertz CT molecular complexity index is 1830. The van der Waals surface area contributed by atoms with Crippen LogP contribution in [0.4, 0.5) is 27.6 Å². The summed E-state index contributed by atoms with van der Waals surface area (Å²) in [5, 5.41) is 11.5. The Balaban J connectivity index is 1.63. The van der Waals surface area contributed by atoms with Gasteiger partial charge in [-0.3, -0.25) is 24.1 Å². The summed E-state index contributed by atoms with van der Waals surface area (Å²) < 4.78 is 73.1. The van der Waals surface area contributed by atoms with Gasteiger partial charge in [0, 0.05) is 17.0 Å². The molecule has 47 heavy (non-hydrogen) atoms. The van der Waals surface area contributed by atoms with Gasteiger partial charge in [-0.05, 0) is 51.5 Å². The van der Waals surface area contributed by atoms with Crippen molar-refractivity contribution in [3.63, 3.8) is 0 Å². The van der Waals surface area contributed by atoms with Crippen molar-refractivity contribution in [3.8, 4) is 5.75 Å². The molecule has 6 atom stereocenters. The second kappa shape index (κ2) is 10.6. The maximum absolute atomic E-state index is 15.2. The first-order chi connectivity index (χ1) is 21.9. The normalized spacial score (nSPS) is 30.4. The zero-order chi connectivity index (χ0) is 34.7. The highest BCUT2D eigenvalue weighted by molar-refractivity contribution is 6.58. The largest absolute Gasteiger partial charge is 0.507 e. The van der Waals surface area contributed by atoms with E-state index in [1.54, 1.807) is 32.9 Å². The summed E-state index contributed by atoms with van der Waals surface area (Å²) in [7, 11) is 0. The smallest absolute Gasteiger partial charge is 0.258 e.